The van der Waals surface area contributed by atoms with Crippen LogP contribution in [0, 0.1) is 5.41 Å². The van der Waals surface area contributed by atoms with E-state index in [-0.39, 0.29) is 11.2 Å². The Morgan fingerprint density at radius 3 is 2.78 bits per heavy atom. The highest BCUT2D eigenvalue weighted by Gasteiger charge is 2.31. The lowest BCUT2D eigenvalue weighted by Crippen LogP contribution is -2.21. The number of aliphatic hydroxyl groups excluding tert-OH is 1. The standard InChI is InChI=1S/C23H31NOS2/c1-5-6-13-24(26)15-17-9-7-8-10-18(17)22-21(16(2)25)19-14-23(3,4)12-11-20(19)27-22/h7-10,25-26H,2,5-6,11-15H2,1,3-4H3. The second-order valence-electron chi connectivity index (χ2n) is 8.39. The first kappa shape index (κ1) is 20.5. The number of hydrogen-bond acceptors (Lipinski definition) is 4. The van der Waals surface area contributed by atoms with Crippen molar-refractivity contribution in [1.29, 1.82) is 0 Å². The molecule has 27 heavy (non-hydrogen) atoms. The number of benzene rings is 1. The highest BCUT2D eigenvalue weighted by atomic mass is 32.1. The van der Waals surface area contributed by atoms with Crippen LogP contribution in [0.3, 0.4) is 0 Å². The first-order chi connectivity index (χ1) is 12.8. The van der Waals surface area contributed by atoms with Crippen LogP contribution in [0.1, 0.15) is 61.6 Å². The normalized spacial score (nSPS) is 15.7. The van der Waals surface area contributed by atoms with Crippen LogP contribution >= 0.6 is 24.2 Å². The highest BCUT2D eigenvalue weighted by molar-refractivity contribution is 7.77. The SMILES string of the molecule is C=C(O)c1c(-c2ccccc2CN(S)CCCC)sc2c1CC(C)(C)CC2. The summed E-state index contributed by atoms with van der Waals surface area (Å²) in [5.74, 6) is 0.198. The Kier molecular flexibility index (Phi) is 6.39. The van der Waals surface area contributed by atoms with E-state index in [4.69, 9.17) is 0 Å². The molecule has 0 spiro atoms. The lowest BCUT2D eigenvalue weighted by molar-refractivity contribution is 0.317. The van der Waals surface area contributed by atoms with Gasteiger partial charge in [0.05, 0.1) is 0 Å². The summed E-state index contributed by atoms with van der Waals surface area (Å²) in [6.45, 7) is 12.5. The molecule has 0 amide bonds. The molecular weight excluding hydrogens is 370 g/mol. The van der Waals surface area contributed by atoms with Crippen LogP contribution < -0.4 is 0 Å². The fourth-order valence-electron chi connectivity index (χ4n) is 3.91. The van der Waals surface area contributed by atoms with E-state index < -0.39 is 0 Å². The van der Waals surface area contributed by atoms with Gasteiger partial charge in [0.2, 0.25) is 0 Å². The van der Waals surface area contributed by atoms with Crippen LogP contribution in [0.4, 0.5) is 0 Å². The van der Waals surface area contributed by atoms with Gasteiger partial charge >= 0.3 is 0 Å². The van der Waals surface area contributed by atoms with Crippen LogP contribution in [0.5, 0.6) is 0 Å². The van der Waals surface area contributed by atoms with Crippen molar-refractivity contribution in [2.24, 2.45) is 5.41 Å². The third-order valence-electron chi connectivity index (χ3n) is 5.45. The zero-order valence-electron chi connectivity index (χ0n) is 16.7. The largest absolute Gasteiger partial charge is 0.508 e. The van der Waals surface area contributed by atoms with Gasteiger partial charge in [-0.25, -0.2) is 4.31 Å². The van der Waals surface area contributed by atoms with E-state index >= 15 is 0 Å². The van der Waals surface area contributed by atoms with Crippen LogP contribution in [0.25, 0.3) is 16.2 Å². The molecule has 146 valence electrons. The minimum Gasteiger partial charge on any atom is -0.508 e. The maximum atomic E-state index is 10.5. The Bertz CT molecular complexity index is 822. The van der Waals surface area contributed by atoms with Crippen molar-refractivity contribution < 1.29 is 5.11 Å². The molecule has 0 saturated heterocycles. The summed E-state index contributed by atoms with van der Waals surface area (Å²) in [4.78, 5) is 2.58. The molecule has 0 aliphatic heterocycles. The van der Waals surface area contributed by atoms with Crippen LogP contribution in [-0.4, -0.2) is 16.0 Å². The molecule has 0 fully saturated rings. The van der Waals surface area contributed by atoms with Crippen molar-refractivity contribution in [2.45, 2.75) is 59.4 Å². The van der Waals surface area contributed by atoms with E-state index in [0.29, 0.717) is 0 Å². The predicted octanol–water partition coefficient (Wildman–Crippen LogP) is 6.91. The average Bonchev–Trinajstić information content (AvgIpc) is 2.97. The van der Waals surface area contributed by atoms with Gasteiger partial charge in [-0.1, -0.05) is 70.9 Å². The molecule has 2 nitrogen and oxygen atoms in total. The number of nitrogens with zero attached hydrogens (tertiary/aromatic N) is 1. The molecule has 1 aliphatic carbocycles. The molecule has 0 radical (unpaired) electrons. The molecule has 1 N–H and O–H groups in total. The Morgan fingerprint density at radius 2 is 2.07 bits per heavy atom. The number of fused-ring (bicyclic) bond motifs is 1. The minimum atomic E-state index is 0.198. The third kappa shape index (κ3) is 4.61. The van der Waals surface area contributed by atoms with E-state index in [1.54, 1.807) is 0 Å². The summed E-state index contributed by atoms with van der Waals surface area (Å²) in [6, 6.07) is 8.52. The number of rotatable bonds is 7. The van der Waals surface area contributed by atoms with Gasteiger partial charge in [0.25, 0.3) is 0 Å². The van der Waals surface area contributed by atoms with Gasteiger partial charge < -0.3 is 5.11 Å². The molecule has 1 aromatic heterocycles. The van der Waals surface area contributed by atoms with Gasteiger partial charge in [-0.3, -0.25) is 0 Å². The number of hydrogen-bond donors (Lipinski definition) is 2. The first-order valence-corrected chi connectivity index (χ1v) is 11.1. The maximum absolute atomic E-state index is 10.5. The molecule has 0 unspecified atom stereocenters. The predicted molar refractivity (Wildman–Crippen MR) is 122 cm³/mol. The Morgan fingerprint density at radius 1 is 1.33 bits per heavy atom. The quantitative estimate of drug-likeness (QED) is 0.389. The van der Waals surface area contributed by atoms with Gasteiger partial charge in [-0.15, -0.1) is 11.3 Å². The van der Waals surface area contributed by atoms with E-state index in [1.165, 1.54) is 34.4 Å². The lowest BCUT2D eigenvalue weighted by Gasteiger charge is -2.30. The maximum Gasteiger partial charge on any atom is 0.117 e. The van der Waals surface area contributed by atoms with Gasteiger partial charge in [0.15, 0.2) is 0 Å². The van der Waals surface area contributed by atoms with Gasteiger partial charge in [0, 0.05) is 28.4 Å². The van der Waals surface area contributed by atoms with Crippen molar-refractivity contribution in [3.63, 3.8) is 0 Å². The van der Waals surface area contributed by atoms with Gasteiger partial charge in [-0.05, 0) is 47.8 Å². The van der Waals surface area contributed by atoms with Crippen molar-refractivity contribution in [3.8, 4) is 10.4 Å². The zero-order chi connectivity index (χ0) is 19.6. The number of thiol groups is 1. The fourth-order valence-corrected chi connectivity index (χ4v) is 5.60. The number of unbranched alkanes of at least 4 members (excludes halogenated alkanes) is 1. The third-order valence-corrected chi connectivity index (χ3v) is 7.11. The Labute approximate surface area is 173 Å². The topological polar surface area (TPSA) is 23.5 Å². The zero-order valence-corrected chi connectivity index (χ0v) is 18.4. The molecule has 1 heterocycles. The van der Waals surface area contributed by atoms with Gasteiger partial charge in [-0.2, -0.15) is 0 Å². The van der Waals surface area contributed by atoms with Crippen molar-refractivity contribution in [3.05, 3.63) is 52.4 Å². The summed E-state index contributed by atoms with van der Waals surface area (Å²) >= 11 is 6.51. The van der Waals surface area contributed by atoms with E-state index in [0.717, 1.165) is 42.8 Å². The first-order valence-electron chi connectivity index (χ1n) is 9.87. The van der Waals surface area contributed by atoms with Crippen molar-refractivity contribution in [2.75, 3.05) is 6.54 Å². The van der Waals surface area contributed by atoms with Crippen LogP contribution in [0.15, 0.2) is 30.8 Å². The Hall–Kier alpha value is -1.23. The highest BCUT2D eigenvalue weighted by Crippen LogP contribution is 2.47. The van der Waals surface area contributed by atoms with Crippen LogP contribution in [0.2, 0.25) is 0 Å². The smallest absolute Gasteiger partial charge is 0.117 e. The molecule has 0 atom stereocenters. The van der Waals surface area contributed by atoms with E-state index in [2.05, 4.69) is 68.7 Å². The minimum absolute atomic E-state index is 0.198. The van der Waals surface area contributed by atoms with Gasteiger partial charge in [0.1, 0.15) is 5.76 Å². The summed E-state index contributed by atoms with van der Waals surface area (Å²) < 4.78 is 2.09. The molecule has 3 rings (SSSR count). The molecule has 1 aromatic carbocycles. The fraction of sp³-hybridized carbons (Fsp3) is 0.478. The van der Waals surface area contributed by atoms with Crippen molar-refractivity contribution in [1.82, 2.24) is 4.31 Å². The summed E-state index contributed by atoms with van der Waals surface area (Å²) in [6.07, 6.45) is 5.60. The second-order valence-corrected chi connectivity index (χ2v) is 10.1. The number of aliphatic hydroxyl groups is 1. The lowest BCUT2D eigenvalue weighted by atomic mass is 9.75. The summed E-state index contributed by atoms with van der Waals surface area (Å²) in [5, 5.41) is 10.5. The molecule has 0 bridgehead atoms. The molecular formula is C23H31NOS2. The number of thiophene rings is 1. The second kappa shape index (κ2) is 8.42. The molecule has 2 aromatic rings. The summed E-state index contributed by atoms with van der Waals surface area (Å²) in [5.41, 5.74) is 5.01. The monoisotopic (exact) mass is 401 g/mol. The van der Waals surface area contributed by atoms with Crippen LogP contribution in [-0.2, 0) is 19.4 Å². The van der Waals surface area contributed by atoms with E-state index in [9.17, 15) is 5.11 Å². The number of aryl methyl sites for hydroxylation is 1. The van der Waals surface area contributed by atoms with Crippen molar-refractivity contribution >= 4 is 29.9 Å². The average molecular weight is 402 g/mol. The molecule has 1 aliphatic rings. The molecule has 4 heteroatoms. The Balaban J connectivity index is 2.03. The summed E-state index contributed by atoms with van der Waals surface area (Å²) in [7, 11) is 0. The molecule has 0 saturated carbocycles. The van der Waals surface area contributed by atoms with E-state index in [1.807, 2.05) is 11.3 Å².